The summed E-state index contributed by atoms with van der Waals surface area (Å²) in [5, 5.41) is 2.78. The van der Waals surface area contributed by atoms with E-state index in [1.54, 1.807) is 12.1 Å². The van der Waals surface area contributed by atoms with Gasteiger partial charge in [-0.05, 0) is 79.5 Å². The molecule has 7 heteroatoms. The SMILES string of the molecule is O=C(NCCOc1ccc2c(c1)CCC2)c1cccc(S(=O)(=O)NCC2CC2)c1. The molecule has 1 amide bonds. The molecular weight excluding hydrogens is 388 g/mol. The van der Waals surface area contributed by atoms with Crippen LogP contribution in [0.25, 0.3) is 0 Å². The summed E-state index contributed by atoms with van der Waals surface area (Å²) >= 11 is 0. The minimum atomic E-state index is -3.59. The molecule has 0 spiro atoms. The van der Waals surface area contributed by atoms with Gasteiger partial charge in [-0.2, -0.15) is 0 Å². The monoisotopic (exact) mass is 414 g/mol. The summed E-state index contributed by atoms with van der Waals surface area (Å²) in [4.78, 5) is 12.5. The first-order valence-corrected chi connectivity index (χ1v) is 11.6. The topological polar surface area (TPSA) is 84.5 Å². The highest BCUT2D eigenvalue weighted by Crippen LogP contribution is 2.28. The van der Waals surface area contributed by atoms with Crippen molar-refractivity contribution in [1.29, 1.82) is 0 Å². The summed E-state index contributed by atoms with van der Waals surface area (Å²) in [5.41, 5.74) is 3.06. The summed E-state index contributed by atoms with van der Waals surface area (Å²) in [6, 6.07) is 12.3. The van der Waals surface area contributed by atoms with Crippen LogP contribution in [0, 0.1) is 5.92 Å². The minimum Gasteiger partial charge on any atom is -0.492 e. The van der Waals surface area contributed by atoms with Crippen molar-refractivity contribution in [2.45, 2.75) is 37.0 Å². The molecule has 1 saturated carbocycles. The van der Waals surface area contributed by atoms with Gasteiger partial charge >= 0.3 is 0 Å². The summed E-state index contributed by atoms with van der Waals surface area (Å²) in [5.74, 6) is 0.943. The van der Waals surface area contributed by atoms with Gasteiger partial charge in [0.2, 0.25) is 10.0 Å². The molecule has 1 fully saturated rings. The van der Waals surface area contributed by atoms with Gasteiger partial charge in [-0.15, -0.1) is 0 Å². The fraction of sp³-hybridized carbons (Fsp3) is 0.409. The van der Waals surface area contributed by atoms with Crippen molar-refractivity contribution in [3.05, 3.63) is 59.2 Å². The Bertz CT molecular complexity index is 1000. The van der Waals surface area contributed by atoms with E-state index >= 15 is 0 Å². The predicted molar refractivity (Wildman–Crippen MR) is 111 cm³/mol. The highest BCUT2D eigenvalue weighted by molar-refractivity contribution is 7.89. The smallest absolute Gasteiger partial charge is 0.251 e. The predicted octanol–water partition coefficient (Wildman–Crippen LogP) is 2.67. The Kier molecular flexibility index (Phi) is 5.87. The number of rotatable bonds is 9. The average molecular weight is 415 g/mol. The fourth-order valence-corrected chi connectivity index (χ4v) is 4.67. The lowest BCUT2D eigenvalue weighted by molar-refractivity contribution is 0.0946. The summed E-state index contributed by atoms with van der Waals surface area (Å²) in [6.45, 7) is 1.15. The molecule has 0 bridgehead atoms. The molecule has 4 rings (SSSR count). The van der Waals surface area contributed by atoms with E-state index in [0.717, 1.165) is 31.4 Å². The summed E-state index contributed by atoms with van der Waals surface area (Å²) < 4.78 is 33.1. The molecule has 0 aliphatic heterocycles. The van der Waals surface area contributed by atoms with Crippen molar-refractivity contribution in [2.75, 3.05) is 19.7 Å². The molecule has 0 heterocycles. The maximum Gasteiger partial charge on any atom is 0.251 e. The van der Waals surface area contributed by atoms with E-state index in [4.69, 9.17) is 4.74 Å². The van der Waals surface area contributed by atoms with E-state index < -0.39 is 10.0 Å². The highest BCUT2D eigenvalue weighted by Gasteiger charge is 2.24. The summed E-state index contributed by atoms with van der Waals surface area (Å²) in [7, 11) is -3.59. The third kappa shape index (κ3) is 5.16. The molecule has 154 valence electrons. The van der Waals surface area contributed by atoms with Crippen LogP contribution >= 0.6 is 0 Å². The van der Waals surface area contributed by atoms with Crippen LogP contribution in [0.3, 0.4) is 0 Å². The van der Waals surface area contributed by atoms with Crippen LogP contribution < -0.4 is 14.8 Å². The number of ether oxygens (including phenoxy) is 1. The first-order valence-electron chi connectivity index (χ1n) is 10.1. The highest BCUT2D eigenvalue weighted by atomic mass is 32.2. The van der Waals surface area contributed by atoms with Crippen LogP contribution in [-0.2, 0) is 22.9 Å². The number of hydrogen-bond acceptors (Lipinski definition) is 4. The number of amides is 1. The lowest BCUT2D eigenvalue weighted by Crippen LogP contribution is -2.29. The molecule has 0 aromatic heterocycles. The lowest BCUT2D eigenvalue weighted by atomic mass is 10.1. The zero-order valence-electron chi connectivity index (χ0n) is 16.3. The van der Waals surface area contributed by atoms with Gasteiger partial charge in [0.05, 0.1) is 11.4 Å². The first kappa shape index (κ1) is 19.9. The number of fused-ring (bicyclic) bond motifs is 1. The van der Waals surface area contributed by atoms with Gasteiger partial charge in [-0.25, -0.2) is 13.1 Å². The number of benzene rings is 2. The Labute approximate surface area is 171 Å². The molecule has 6 nitrogen and oxygen atoms in total. The van der Waals surface area contributed by atoms with E-state index in [1.165, 1.54) is 29.7 Å². The van der Waals surface area contributed by atoms with Crippen molar-refractivity contribution >= 4 is 15.9 Å². The Balaban J connectivity index is 1.28. The molecule has 2 aliphatic carbocycles. The van der Waals surface area contributed by atoms with Gasteiger partial charge in [0.15, 0.2) is 0 Å². The minimum absolute atomic E-state index is 0.111. The molecule has 2 N–H and O–H groups in total. The van der Waals surface area contributed by atoms with Crippen molar-refractivity contribution < 1.29 is 17.9 Å². The molecule has 2 aromatic carbocycles. The number of carbonyl (C=O) groups excluding carboxylic acids is 1. The Morgan fingerprint density at radius 3 is 2.72 bits per heavy atom. The third-order valence-corrected chi connectivity index (χ3v) is 6.81. The van der Waals surface area contributed by atoms with Crippen LogP contribution in [-0.4, -0.2) is 34.0 Å². The van der Waals surface area contributed by atoms with Gasteiger partial charge in [0.25, 0.3) is 5.91 Å². The van der Waals surface area contributed by atoms with Gasteiger partial charge in [0.1, 0.15) is 12.4 Å². The van der Waals surface area contributed by atoms with Crippen molar-refractivity contribution in [3.8, 4) is 5.75 Å². The number of hydrogen-bond donors (Lipinski definition) is 2. The molecular formula is C22H26N2O4S. The molecule has 2 aliphatic rings. The van der Waals surface area contributed by atoms with Crippen LogP contribution in [0.1, 0.15) is 40.7 Å². The van der Waals surface area contributed by atoms with E-state index in [-0.39, 0.29) is 10.8 Å². The summed E-state index contributed by atoms with van der Waals surface area (Å²) in [6.07, 6.45) is 5.56. The van der Waals surface area contributed by atoms with Crippen LogP contribution in [0.4, 0.5) is 0 Å². The molecule has 29 heavy (non-hydrogen) atoms. The molecule has 0 atom stereocenters. The van der Waals surface area contributed by atoms with Crippen molar-refractivity contribution in [2.24, 2.45) is 5.92 Å². The average Bonchev–Trinajstić information content (AvgIpc) is 3.45. The van der Waals surface area contributed by atoms with Crippen molar-refractivity contribution in [3.63, 3.8) is 0 Å². The second-order valence-electron chi connectivity index (χ2n) is 7.71. The number of sulfonamides is 1. The molecule has 0 radical (unpaired) electrons. The van der Waals surface area contributed by atoms with Crippen molar-refractivity contribution in [1.82, 2.24) is 10.0 Å². The Morgan fingerprint density at radius 1 is 1.07 bits per heavy atom. The Hall–Kier alpha value is -2.38. The Morgan fingerprint density at radius 2 is 1.90 bits per heavy atom. The van der Waals surface area contributed by atoms with Crippen LogP contribution in [0.2, 0.25) is 0 Å². The molecule has 0 unspecified atom stereocenters. The standard InChI is InChI=1S/C22H26N2O4S/c25-22(23-11-12-28-20-10-9-17-3-1-4-18(17)13-20)19-5-2-6-21(14-19)29(26,27)24-15-16-7-8-16/h2,5-6,9-10,13-14,16,24H,1,3-4,7-8,11-12,15H2,(H,23,25). The van der Waals surface area contributed by atoms with Gasteiger partial charge in [0, 0.05) is 12.1 Å². The van der Waals surface area contributed by atoms with E-state index in [9.17, 15) is 13.2 Å². The van der Waals surface area contributed by atoms with Gasteiger partial charge in [-0.1, -0.05) is 12.1 Å². The second kappa shape index (κ2) is 8.55. The molecule has 2 aromatic rings. The normalized spacial score (nSPS) is 15.7. The molecule has 0 saturated heterocycles. The zero-order valence-corrected chi connectivity index (χ0v) is 17.1. The van der Waals surface area contributed by atoms with Crippen LogP contribution in [0.5, 0.6) is 5.75 Å². The largest absolute Gasteiger partial charge is 0.492 e. The zero-order chi connectivity index (χ0) is 20.3. The van der Waals surface area contributed by atoms with Gasteiger partial charge in [-0.3, -0.25) is 4.79 Å². The third-order valence-electron chi connectivity index (χ3n) is 5.39. The maximum absolute atomic E-state index is 12.4. The van der Waals surface area contributed by atoms with E-state index in [2.05, 4.69) is 22.2 Å². The second-order valence-corrected chi connectivity index (χ2v) is 9.48. The maximum atomic E-state index is 12.4. The van der Waals surface area contributed by atoms with E-state index in [0.29, 0.717) is 31.2 Å². The number of carbonyl (C=O) groups is 1. The van der Waals surface area contributed by atoms with Crippen LogP contribution in [0.15, 0.2) is 47.4 Å². The number of nitrogens with one attached hydrogen (secondary N) is 2. The lowest BCUT2D eigenvalue weighted by Gasteiger charge is -2.10. The van der Waals surface area contributed by atoms with Gasteiger partial charge < -0.3 is 10.1 Å². The van der Waals surface area contributed by atoms with E-state index in [1.807, 2.05) is 6.07 Å². The first-order chi connectivity index (χ1) is 14.0. The fourth-order valence-electron chi connectivity index (χ4n) is 3.51. The number of aryl methyl sites for hydroxylation is 2. The quantitative estimate of drug-likeness (QED) is 0.618.